The van der Waals surface area contributed by atoms with Gasteiger partial charge in [-0.15, -0.1) is 0 Å². The molecule has 2 atom stereocenters. The molecule has 0 saturated heterocycles. The van der Waals surface area contributed by atoms with Crippen LogP contribution in [0.25, 0.3) is 0 Å². The first-order valence-corrected chi connectivity index (χ1v) is 6.12. The van der Waals surface area contributed by atoms with Gasteiger partial charge in [0.2, 0.25) is 0 Å². The van der Waals surface area contributed by atoms with Gasteiger partial charge in [0.05, 0.1) is 12.8 Å². The van der Waals surface area contributed by atoms with Crippen LogP contribution in [-0.2, 0) is 18.2 Å². The van der Waals surface area contributed by atoms with Crippen molar-refractivity contribution in [2.75, 3.05) is 6.61 Å². The highest BCUT2D eigenvalue weighted by atomic mass is 16.5. The molecule has 1 aliphatic rings. The first kappa shape index (κ1) is 11.4. The van der Waals surface area contributed by atoms with Crippen molar-refractivity contribution in [1.29, 1.82) is 0 Å². The number of aliphatic hydroxyl groups is 1. The van der Waals surface area contributed by atoms with Crippen LogP contribution in [0.4, 0.5) is 0 Å². The van der Waals surface area contributed by atoms with Crippen molar-refractivity contribution in [3.8, 4) is 0 Å². The maximum Gasteiger partial charge on any atom is 0.113 e. The third-order valence-corrected chi connectivity index (χ3v) is 3.38. The van der Waals surface area contributed by atoms with E-state index in [0.29, 0.717) is 6.61 Å². The van der Waals surface area contributed by atoms with Crippen molar-refractivity contribution in [2.24, 2.45) is 7.05 Å². The van der Waals surface area contributed by atoms with E-state index in [2.05, 4.69) is 11.2 Å². The average molecular weight is 244 g/mol. The van der Waals surface area contributed by atoms with Gasteiger partial charge in [0.1, 0.15) is 12.2 Å². The van der Waals surface area contributed by atoms with Crippen LogP contribution in [0, 0.1) is 0 Å². The molecule has 1 aromatic heterocycles. The normalized spacial score (nSPS) is 20.4. The molecule has 2 unspecified atom stereocenters. The lowest BCUT2D eigenvalue weighted by molar-refractivity contribution is -0.0483. The first-order valence-electron chi connectivity index (χ1n) is 6.12. The van der Waals surface area contributed by atoms with Gasteiger partial charge in [-0.1, -0.05) is 24.3 Å². The van der Waals surface area contributed by atoms with Gasteiger partial charge in [-0.3, -0.25) is 4.68 Å². The van der Waals surface area contributed by atoms with Gasteiger partial charge in [0.25, 0.3) is 0 Å². The molecule has 0 fully saturated rings. The van der Waals surface area contributed by atoms with Gasteiger partial charge in [-0.2, -0.15) is 5.10 Å². The van der Waals surface area contributed by atoms with Crippen molar-refractivity contribution in [2.45, 2.75) is 18.6 Å². The fraction of sp³-hybridized carbons (Fsp3) is 0.357. The van der Waals surface area contributed by atoms with Crippen LogP contribution in [-0.4, -0.2) is 21.5 Å². The van der Waals surface area contributed by atoms with E-state index >= 15 is 0 Å². The summed E-state index contributed by atoms with van der Waals surface area (Å²) >= 11 is 0. The summed E-state index contributed by atoms with van der Waals surface area (Å²) in [6, 6.07) is 8.13. The van der Waals surface area contributed by atoms with Gasteiger partial charge >= 0.3 is 0 Å². The zero-order chi connectivity index (χ0) is 12.5. The molecule has 94 valence electrons. The summed E-state index contributed by atoms with van der Waals surface area (Å²) in [6.45, 7) is 0.652. The molecule has 18 heavy (non-hydrogen) atoms. The van der Waals surface area contributed by atoms with E-state index in [1.807, 2.05) is 31.4 Å². The number of benzene rings is 1. The Balaban J connectivity index is 1.94. The fourth-order valence-corrected chi connectivity index (χ4v) is 2.45. The van der Waals surface area contributed by atoms with E-state index in [9.17, 15) is 5.11 Å². The highest BCUT2D eigenvalue weighted by molar-refractivity contribution is 5.33. The molecule has 1 N–H and O–H groups in total. The minimum absolute atomic E-state index is 0.292. The zero-order valence-electron chi connectivity index (χ0n) is 10.3. The zero-order valence-corrected chi connectivity index (χ0v) is 10.3. The second kappa shape index (κ2) is 4.55. The molecule has 0 amide bonds. The number of ether oxygens (including phenoxy) is 1. The summed E-state index contributed by atoms with van der Waals surface area (Å²) in [5.41, 5.74) is 3.14. The number of aromatic nitrogens is 2. The molecule has 2 aromatic rings. The summed E-state index contributed by atoms with van der Waals surface area (Å²) in [5.74, 6) is 0. The minimum atomic E-state index is -0.667. The van der Waals surface area contributed by atoms with Crippen LogP contribution in [0.2, 0.25) is 0 Å². The lowest BCUT2D eigenvalue weighted by Gasteiger charge is -2.29. The molecule has 0 aliphatic carbocycles. The molecule has 0 radical (unpaired) electrons. The van der Waals surface area contributed by atoms with Crippen molar-refractivity contribution in [3.05, 3.63) is 53.3 Å². The molecule has 3 rings (SSSR count). The molecule has 0 saturated carbocycles. The second-order valence-corrected chi connectivity index (χ2v) is 4.63. The van der Waals surface area contributed by atoms with Crippen molar-refractivity contribution >= 4 is 0 Å². The molecule has 4 heteroatoms. The molecule has 4 nitrogen and oxygen atoms in total. The Morgan fingerprint density at radius 1 is 1.44 bits per heavy atom. The van der Waals surface area contributed by atoms with Gasteiger partial charge in [-0.25, -0.2) is 0 Å². The van der Waals surface area contributed by atoms with Crippen molar-refractivity contribution in [3.63, 3.8) is 0 Å². The van der Waals surface area contributed by atoms with Crippen LogP contribution in [0.15, 0.2) is 36.7 Å². The minimum Gasteiger partial charge on any atom is -0.385 e. The Morgan fingerprint density at radius 2 is 2.28 bits per heavy atom. The largest absolute Gasteiger partial charge is 0.385 e. The van der Waals surface area contributed by atoms with Crippen LogP contribution >= 0.6 is 0 Å². The van der Waals surface area contributed by atoms with E-state index in [1.54, 1.807) is 10.9 Å². The van der Waals surface area contributed by atoms with Crippen LogP contribution in [0.3, 0.4) is 0 Å². The summed E-state index contributed by atoms with van der Waals surface area (Å²) in [4.78, 5) is 0. The van der Waals surface area contributed by atoms with E-state index in [0.717, 1.165) is 17.5 Å². The number of hydrogen-bond acceptors (Lipinski definition) is 3. The average Bonchev–Trinajstić information content (AvgIpc) is 2.84. The van der Waals surface area contributed by atoms with Gasteiger partial charge in [-0.05, 0) is 17.5 Å². The topological polar surface area (TPSA) is 47.3 Å². The predicted molar refractivity (Wildman–Crippen MR) is 67.0 cm³/mol. The van der Waals surface area contributed by atoms with E-state index in [4.69, 9.17) is 4.74 Å². The third-order valence-electron chi connectivity index (χ3n) is 3.38. The van der Waals surface area contributed by atoms with Crippen LogP contribution in [0.5, 0.6) is 0 Å². The summed E-state index contributed by atoms with van der Waals surface area (Å²) in [7, 11) is 1.84. The van der Waals surface area contributed by atoms with Gasteiger partial charge in [0, 0.05) is 18.8 Å². The Morgan fingerprint density at radius 3 is 3.06 bits per heavy atom. The van der Waals surface area contributed by atoms with Crippen molar-refractivity contribution in [1.82, 2.24) is 9.78 Å². The van der Waals surface area contributed by atoms with E-state index in [-0.39, 0.29) is 6.10 Å². The lowest BCUT2D eigenvalue weighted by atomic mass is 9.92. The summed E-state index contributed by atoms with van der Waals surface area (Å²) in [5, 5.41) is 14.5. The number of rotatable bonds is 2. The standard InChI is InChI=1S/C14H16N2O2/c1-16-9-11(8-15-16)13(17)14-12-5-3-2-4-10(12)6-7-18-14/h2-5,8-9,13-14,17H,6-7H2,1H3. The lowest BCUT2D eigenvalue weighted by Crippen LogP contribution is -2.21. The van der Waals surface area contributed by atoms with Crippen molar-refractivity contribution < 1.29 is 9.84 Å². The number of nitrogens with zero attached hydrogens (tertiary/aromatic N) is 2. The number of fused-ring (bicyclic) bond motifs is 1. The molecule has 0 spiro atoms. The van der Waals surface area contributed by atoms with Crippen LogP contribution < -0.4 is 0 Å². The first-order chi connectivity index (χ1) is 8.75. The Bertz CT molecular complexity index is 550. The maximum atomic E-state index is 10.4. The Hall–Kier alpha value is -1.65. The molecule has 1 aromatic carbocycles. The molecule has 0 bridgehead atoms. The quantitative estimate of drug-likeness (QED) is 0.875. The molecular formula is C14H16N2O2. The van der Waals surface area contributed by atoms with Gasteiger partial charge < -0.3 is 9.84 Å². The van der Waals surface area contributed by atoms with E-state index < -0.39 is 6.10 Å². The Labute approximate surface area is 106 Å². The van der Waals surface area contributed by atoms with E-state index in [1.165, 1.54) is 5.56 Å². The number of aryl methyl sites for hydroxylation is 1. The predicted octanol–water partition coefficient (Wildman–Crippen LogP) is 1.77. The number of aliphatic hydroxyl groups excluding tert-OH is 1. The fourth-order valence-electron chi connectivity index (χ4n) is 2.45. The molecular weight excluding hydrogens is 228 g/mol. The summed E-state index contributed by atoms with van der Waals surface area (Å²) < 4.78 is 7.43. The smallest absolute Gasteiger partial charge is 0.113 e. The molecule has 1 aliphatic heterocycles. The Kier molecular flexibility index (Phi) is 2.89. The number of hydrogen-bond donors (Lipinski definition) is 1. The monoisotopic (exact) mass is 244 g/mol. The highest BCUT2D eigenvalue weighted by Crippen LogP contribution is 2.36. The van der Waals surface area contributed by atoms with Crippen LogP contribution in [0.1, 0.15) is 28.9 Å². The summed E-state index contributed by atoms with van der Waals surface area (Å²) in [6.07, 6.45) is 3.46. The SMILES string of the molecule is Cn1cc(C(O)C2OCCc3ccccc32)cn1. The third kappa shape index (κ3) is 1.94. The highest BCUT2D eigenvalue weighted by Gasteiger charge is 2.29. The molecule has 2 heterocycles. The maximum absolute atomic E-state index is 10.4. The van der Waals surface area contributed by atoms with Gasteiger partial charge in [0.15, 0.2) is 0 Å². The second-order valence-electron chi connectivity index (χ2n) is 4.63.